The van der Waals surface area contributed by atoms with Crippen molar-refractivity contribution in [2.45, 2.75) is 25.0 Å². The van der Waals surface area contributed by atoms with Crippen molar-refractivity contribution in [3.05, 3.63) is 102 Å². The number of benzene rings is 3. The first-order valence-corrected chi connectivity index (χ1v) is 10.9. The molecule has 1 spiro atoms. The van der Waals surface area contributed by atoms with E-state index in [1.807, 2.05) is 96.8 Å². The number of nitrogens with one attached hydrogen (secondary N) is 1. The van der Waals surface area contributed by atoms with Crippen LogP contribution in [0.4, 0.5) is 5.69 Å². The van der Waals surface area contributed by atoms with Gasteiger partial charge in [-0.05, 0) is 17.2 Å². The van der Waals surface area contributed by atoms with Crippen molar-refractivity contribution in [3.8, 4) is 0 Å². The molecule has 1 fully saturated rings. The highest BCUT2D eigenvalue weighted by atomic mass is 16.5. The smallest absolute Gasteiger partial charge is 0.310 e. The molecular formula is C27H26N2O3. The van der Waals surface area contributed by atoms with E-state index in [0.717, 1.165) is 22.4 Å². The Morgan fingerprint density at radius 2 is 1.59 bits per heavy atom. The monoisotopic (exact) mass is 426 g/mol. The van der Waals surface area contributed by atoms with Gasteiger partial charge in [-0.3, -0.25) is 14.9 Å². The highest BCUT2D eigenvalue weighted by Gasteiger charge is 2.64. The second kappa shape index (κ2) is 7.92. The van der Waals surface area contributed by atoms with Crippen LogP contribution in [0.3, 0.4) is 0 Å². The number of rotatable bonds is 4. The molecule has 2 heterocycles. The molecule has 2 aliphatic heterocycles. The van der Waals surface area contributed by atoms with E-state index in [1.165, 1.54) is 7.11 Å². The standard InChI is InChI=1S/C27H26N2O3/c1-18-23(25(30)32-2)24(20-13-7-4-8-14-20)28-27(18)21-15-9-10-16-22(21)29(26(27)31)17-19-11-5-3-6-12-19/h3-16,18,23-24,28H,17H2,1-2H3/t18-,23-,24-,27-/m0/s1. The van der Waals surface area contributed by atoms with Crippen LogP contribution < -0.4 is 10.2 Å². The summed E-state index contributed by atoms with van der Waals surface area (Å²) in [6, 6.07) is 27.4. The van der Waals surface area contributed by atoms with Crippen molar-refractivity contribution in [3.63, 3.8) is 0 Å². The number of esters is 1. The van der Waals surface area contributed by atoms with Crippen molar-refractivity contribution < 1.29 is 14.3 Å². The highest BCUT2D eigenvalue weighted by Crippen LogP contribution is 2.55. The Balaban J connectivity index is 1.63. The number of hydrogen-bond acceptors (Lipinski definition) is 4. The lowest BCUT2D eigenvalue weighted by Gasteiger charge is -2.30. The van der Waals surface area contributed by atoms with Crippen LogP contribution >= 0.6 is 0 Å². The topological polar surface area (TPSA) is 58.6 Å². The second-order valence-electron chi connectivity index (χ2n) is 8.57. The molecule has 4 atom stereocenters. The number of carbonyl (C=O) groups is 2. The van der Waals surface area contributed by atoms with Gasteiger partial charge in [0, 0.05) is 23.2 Å². The average molecular weight is 427 g/mol. The number of nitrogens with zero attached hydrogens (tertiary/aromatic N) is 1. The van der Waals surface area contributed by atoms with Crippen LogP contribution in [0.1, 0.15) is 29.7 Å². The molecule has 1 amide bonds. The minimum absolute atomic E-state index is 0.0256. The molecule has 3 aromatic rings. The lowest BCUT2D eigenvalue weighted by atomic mass is 9.76. The summed E-state index contributed by atoms with van der Waals surface area (Å²) in [4.78, 5) is 28.9. The number of hydrogen-bond donors (Lipinski definition) is 1. The minimum atomic E-state index is -0.995. The molecule has 5 rings (SSSR count). The predicted octanol–water partition coefficient (Wildman–Crippen LogP) is 4.20. The molecule has 32 heavy (non-hydrogen) atoms. The summed E-state index contributed by atoms with van der Waals surface area (Å²) < 4.78 is 5.20. The summed E-state index contributed by atoms with van der Waals surface area (Å²) in [6.45, 7) is 2.46. The Morgan fingerprint density at radius 3 is 2.28 bits per heavy atom. The van der Waals surface area contributed by atoms with Crippen LogP contribution in [-0.2, 0) is 26.4 Å². The molecule has 162 valence electrons. The molecule has 0 bridgehead atoms. The lowest BCUT2D eigenvalue weighted by Crippen LogP contribution is -2.50. The number of methoxy groups -OCH3 is 1. The maximum atomic E-state index is 14.1. The fourth-order valence-electron chi connectivity index (χ4n) is 5.43. The Kier molecular flexibility index (Phi) is 5.06. The Hall–Kier alpha value is -3.44. The fraction of sp³-hybridized carbons (Fsp3) is 0.259. The number of ether oxygens (including phenoxy) is 1. The first-order valence-electron chi connectivity index (χ1n) is 10.9. The third-order valence-corrected chi connectivity index (χ3v) is 6.98. The molecule has 5 heteroatoms. The first-order chi connectivity index (χ1) is 15.6. The van der Waals surface area contributed by atoms with Gasteiger partial charge in [0.25, 0.3) is 5.91 Å². The third-order valence-electron chi connectivity index (χ3n) is 6.98. The summed E-state index contributed by atoms with van der Waals surface area (Å²) in [7, 11) is 1.41. The van der Waals surface area contributed by atoms with Crippen molar-refractivity contribution >= 4 is 17.6 Å². The number of amides is 1. The van der Waals surface area contributed by atoms with E-state index in [0.29, 0.717) is 6.54 Å². The number of fused-ring (bicyclic) bond motifs is 2. The number of carbonyl (C=O) groups excluding carboxylic acids is 2. The molecule has 3 aromatic carbocycles. The van der Waals surface area contributed by atoms with E-state index in [1.54, 1.807) is 0 Å². The number of para-hydroxylation sites is 1. The second-order valence-corrected chi connectivity index (χ2v) is 8.57. The summed E-state index contributed by atoms with van der Waals surface area (Å²) in [6.07, 6.45) is 0. The van der Waals surface area contributed by atoms with Crippen LogP contribution in [0.25, 0.3) is 0 Å². The molecule has 5 nitrogen and oxygen atoms in total. The van der Waals surface area contributed by atoms with E-state index < -0.39 is 11.5 Å². The van der Waals surface area contributed by atoms with Gasteiger partial charge in [-0.2, -0.15) is 0 Å². The third kappa shape index (κ3) is 2.96. The van der Waals surface area contributed by atoms with Crippen LogP contribution in [0.2, 0.25) is 0 Å². The zero-order valence-corrected chi connectivity index (χ0v) is 18.2. The molecule has 0 aliphatic carbocycles. The molecule has 0 radical (unpaired) electrons. The summed E-state index contributed by atoms with van der Waals surface area (Å²) in [5.74, 6) is -1.12. The first kappa shape index (κ1) is 20.5. The molecule has 1 saturated heterocycles. The van der Waals surface area contributed by atoms with Gasteiger partial charge in [-0.25, -0.2) is 0 Å². The normalized spacial score (nSPS) is 26.4. The largest absolute Gasteiger partial charge is 0.469 e. The van der Waals surface area contributed by atoms with E-state index in [2.05, 4.69) is 5.32 Å². The van der Waals surface area contributed by atoms with Crippen molar-refractivity contribution in [2.24, 2.45) is 11.8 Å². The molecule has 0 aromatic heterocycles. The van der Waals surface area contributed by atoms with Gasteiger partial charge in [-0.1, -0.05) is 85.8 Å². The van der Waals surface area contributed by atoms with Crippen molar-refractivity contribution in [1.82, 2.24) is 5.32 Å². The van der Waals surface area contributed by atoms with Crippen LogP contribution in [0.15, 0.2) is 84.9 Å². The Bertz CT molecular complexity index is 1150. The van der Waals surface area contributed by atoms with Crippen molar-refractivity contribution in [1.29, 1.82) is 0 Å². The Morgan fingerprint density at radius 1 is 0.969 bits per heavy atom. The van der Waals surface area contributed by atoms with Crippen molar-refractivity contribution in [2.75, 3.05) is 12.0 Å². The van der Waals surface area contributed by atoms with Gasteiger partial charge < -0.3 is 9.64 Å². The molecule has 0 unspecified atom stereocenters. The van der Waals surface area contributed by atoms with E-state index >= 15 is 0 Å². The predicted molar refractivity (Wildman–Crippen MR) is 123 cm³/mol. The van der Waals surface area contributed by atoms with Gasteiger partial charge in [0.05, 0.1) is 19.6 Å². The molecular weight excluding hydrogens is 400 g/mol. The van der Waals surface area contributed by atoms with Gasteiger partial charge >= 0.3 is 5.97 Å². The maximum Gasteiger partial charge on any atom is 0.310 e. The van der Waals surface area contributed by atoms with E-state index in [-0.39, 0.29) is 23.8 Å². The summed E-state index contributed by atoms with van der Waals surface area (Å²) >= 11 is 0. The average Bonchev–Trinajstić information content (AvgIpc) is 3.28. The van der Waals surface area contributed by atoms with Crippen LogP contribution in [0.5, 0.6) is 0 Å². The van der Waals surface area contributed by atoms with Crippen LogP contribution in [0, 0.1) is 11.8 Å². The van der Waals surface area contributed by atoms with Gasteiger partial charge in [-0.15, -0.1) is 0 Å². The summed E-state index contributed by atoms with van der Waals surface area (Å²) in [5, 5.41) is 3.63. The molecule has 1 N–H and O–H groups in total. The zero-order valence-electron chi connectivity index (χ0n) is 18.2. The highest BCUT2D eigenvalue weighted by molar-refractivity contribution is 6.08. The fourth-order valence-corrected chi connectivity index (χ4v) is 5.43. The molecule has 0 saturated carbocycles. The zero-order chi connectivity index (χ0) is 22.3. The maximum absolute atomic E-state index is 14.1. The van der Waals surface area contributed by atoms with Gasteiger partial charge in [0.15, 0.2) is 0 Å². The Labute approximate surface area is 188 Å². The van der Waals surface area contributed by atoms with E-state index in [4.69, 9.17) is 4.74 Å². The minimum Gasteiger partial charge on any atom is -0.469 e. The van der Waals surface area contributed by atoms with E-state index in [9.17, 15) is 9.59 Å². The quantitative estimate of drug-likeness (QED) is 0.636. The lowest BCUT2D eigenvalue weighted by molar-refractivity contribution is -0.147. The summed E-state index contributed by atoms with van der Waals surface area (Å²) in [5.41, 5.74) is 2.84. The SMILES string of the molecule is COC(=O)[C@@H]1[C@H](c2ccccc2)N[C@@]2(C(=O)N(Cc3ccccc3)c3ccccc32)[C@H]1C. The number of anilines is 1. The van der Waals surface area contributed by atoms with Gasteiger partial charge in [0.1, 0.15) is 5.54 Å². The van der Waals surface area contributed by atoms with Gasteiger partial charge in [0.2, 0.25) is 0 Å². The molecule has 2 aliphatic rings. The van der Waals surface area contributed by atoms with Crippen LogP contribution in [-0.4, -0.2) is 19.0 Å².